The summed E-state index contributed by atoms with van der Waals surface area (Å²) in [4.78, 5) is 5.01. The standard InChI is InChI=1S/C35H21N3S/c1-2-10-22(11-3-1)37-29-17-9-6-14-25(29)32-30(37)18-19-31-33(32)26-20-21-36-35(34(26)39-31)38-27-15-7-4-12-23(27)24-13-5-8-16-28(24)38/h1-21H. The lowest BCUT2D eigenvalue weighted by Crippen LogP contribution is -1.96. The lowest BCUT2D eigenvalue weighted by Gasteiger charge is -2.08. The molecule has 4 aromatic heterocycles. The molecule has 9 aromatic rings. The fraction of sp³-hybridized carbons (Fsp3) is 0. The van der Waals surface area contributed by atoms with Crippen molar-refractivity contribution in [1.29, 1.82) is 0 Å². The highest BCUT2D eigenvalue weighted by atomic mass is 32.1. The van der Waals surface area contributed by atoms with E-state index in [4.69, 9.17) is 4.98 Å². The Bertz CT molecular complexity index is 2340. The van der Waals surface area contributed by atoms with E-state index in [1.807, 2.05) is 17.5 Å². The van der Waals surface area contributed by atoms with Crippen LogP contribution in [0.1, 0.15) is 0 Å². The van der Waals surface area contributed by atoms with Crippen LogP contribution < -0.4 is 0 Å². The highest BCUT2D eigenvalue weighted by Gasteiger charge is 2.21. The molecule has 0 N–H and O–H groups in total. The van der Waals surface area contributed by atoms with Gasteiger partial charge in [0.2, 0.25) is 0 Å². The van der Waals surface area contributed by atoms with Crippen LogP contribution >= 0.6 is 11.3 Å². The molecule has 0 saturated carbocycles. The van der Waals surface area contributed by atoms with Crippen molar-refractivity contribution in [2.24, 2.45) is 0 Å². The minimum absolute atomic E-state index is 0.992. The van der Waals surface area contributed by atoms with Gasteiger partial charge in [0.15, 0.2) is 5.82 Å². The van der Waals surface area contributed by atoms with Crippen molar-refractivity contribution in [3.05, 3.63) is 128 Å². The molecule has 0 aliphatic heterocycles. The molecule has 4 heterocycles. The monoisotopic (exact) mass is 515 g/mol. The first-order valence-corrected chi connectivity index (χ1v) is 14.0. The SMILES string of the molecule is c1ccc(-n2c3ccccc3c3c4c(ccc32)sc2c(-n3c5ccccc5c5ccccc53)nccc24)cc1. The highest BCUT2D eigenvalue weighted by molar-refractivity contribution is 7.26. The lowest BCUT2D eigenvalue weighted by molar-refractivity contribution is 1.11. The molecule has 0 aliphatic carbocycles. The third-order valence-corrected chi connectivity index (χ3v) is 9.14. The Morgan fingerprint density at radius 1 is 0.462 bits per heavy atom. The molecular formula is C35H21N3S. The van der Waals surface area contributed by atoms with Crippen LogP contribution in [0, 0.1) is 0 Å². The predicted molar refractivity (Wildman–Crippen MR) is 166 cm³/mol. The first kappa shape index (κ1) is 21.1. The summed E-state index contributed by atoms with van der Waals surface area (Å²) in [6.07, 6.45) is 1.97. The Morgan fingerprint density at radius 2 is 1.08 bits per heavy atom. The van der Waals surface area contributed by atoms with Gasteiger partial charge >= 0.3 is 0 Å². The molecule has 0 aliphatic rings. The lowest BCUT2D eigenvalue weighted by atomic mass is 10.1. The minimum atomic E-state index is 0.992. The van der Waals surface area contributed by atoms with E-state index in [2.05, 4.69) is 130 Å². The Labute approximate surface area is 227 Å². The summed E-state index contributed by atoms with van der Waals surface area (Å²) in [5.74, 6) is 0.992. The number of aromatic nitrogens is 3. The van der Waals surface area contributed by atoms with E-state index in [0.29, 0.717) is 0 Å². The Hall–Kier alpha value is -4.93. The molecule has 0 saturated heterocycles. The summed E-state index contributed by atoms with van der Waals surface area (Å²) in [7, 11) is 0. The second-order valence-corrected chi connectivity index (χ2v) is 11.1. The van der Waals surface area contributed by atoms with Crippen molar-refractivity contribution in [1.82, 2.24) is 14.1 Å². The molecule has 0 spiro atoms. The number of para-hydroxylation sites is 4. The van der Waals surface area contributed by atoms with Crippen LogP contribution in [0.2, 0.25) is 0 Å². The van der Waals surface area contributed by atoms with Gasteiger partial charge in [0, 0.05) is 48.9 Å². The first-order chi connectivity index (χ1) is 19.4. The molecule has 0 unspecified atom stereocenters. The molecule has 0 fully saturated rings. The average Bonchev–Trinajstić information content (AvgIpc) is 3.65. The topological polar surface area (TPSA) is 22.8 Å². The largest absolute Gasteiger partial charge is 0.309 e. The Balaban J connectivity index is 1.45. The second-order valence-electron chi connectivity index (χ2n) is 10.0. The van der Waals surface area contributed by atoms with Crippen molar-refractivity contribution < 1.29 is 0 Å². The first-order valence-electron chi connectivity index (χ1n) is 13.2. The van der Waals surface area contributed by atoms with Gasteiger partial charge in [-0.2, -0.15) is 0 Å². The van der Waals surface area contributed by atoms with Gasteiger partial charge in [-0.1, -0.05) is 72.8 Å². The molecule has 4 heteroatoms. The van der Waals surface area contributed by atoms with E-state index in [1.54, 1.807) is 0 Å². The maximum absolute atomic E-state index is 5.01. The van der Waals surface area contributed by atoms with Crippen LogP contribution in [0.3, 0.4) is 0 Å². The number of rotatable bonds is 2. The maximum atomic E-state index is 5.01. The molecule has 0 amide bonds. The van der Waals surface area contributed by atoms with E-state index < -0.39 is 0 Å². The minimum Gasteiger partial charge on any atom is -0.309 e. The van der Waals surface area contributed by atoms with Crippen LogP contribution in [-0.2, 0) is 0 Å². The number of fused-ring (bicyclic) bond motifs is 10. The number of pyridine rings is 1. The molecule has 0 bridgehead atoms. The Kier molecular flexibility index (Phi) is 4.21. The van der Waals surface area contributed by atoms with Crippen molar-refractivity contribution in [3.8, 4) is 11.5 Å². The molecule has 39 heavy (non-hydrogen) atoms. The Morgan fingerprint density at radius 3 is 1.79 bits per heavy atom. The number of benzene rings is 5. The van der Waals surface area contributed by atoms with Gasteiger partial charge in [0.1, 0.15) is 0 Å². The van der Waals surface area contributed by atoms with Crippen LogP contribution in [-0.4, -0.2) is 14.1 Å². The van der Waals surface area contributed by atoms with Gasteiger partial charge in [-0.3, -0.25) is 4.57 Å². The number of thiophene rings is 1. The maximum Gasteiger partial charge on any atom is 0.155 e. The molecule has 0 atom stereocenters. The van der Waals surface area contributed by atoms with Crippen molar-refractivity contribution in [2.45, 2.75) is 0 Å². The van der Waals surface area contributed by atoms with Gasteiger partial charge in [-0.15, -0.1) is 11.3 Å². The van der Waals surface area contributed by atoms with Gasteiger partial charge in [-0.05, 0) is 48.5 Å². The zero-order valence-electron chi connectivity index (χ0n) is 20.9. The van der Waals surface area contributed by atoms with Crippen LogP contribution in [0.5, 0.6) is 0 Å². The number of hydrogen-bond donors (Lipinski definition) is 0. The third-order valence-electron chi connectivity index (χ3n) is 7.97. The van der Waals surface area contributed by atoms with Gasteiger partial charge in [-0.25, -0.2) is 4.98 Å². The molecular weight excluding hydrogens is 494 g/mol. The van der Waals surface area contributed by atoms with E-state index >= 15 is 0 Å². The van der Waals surface area contributed by atoms with Crippen LogP contribution in [0.25, 0.3) is 75.3 Å². The normalized spacial score (nSPS) is 12.1. The zero-order chi connectivity index (χ0) is 25.5. The number of nitrogens with zero attached hydrogens (tertiary/aromatic N) is 3. The van der Waals surface area contributed by atoms with Gasteiger partial charge in [0.25, 0.3) is 0 Å². The zero-order valence-corrected chi connectivity index (χ0v) is 21.7. The van der Waals surface area contributed by atoms with E-state index in [1.165, 1.54) is 69.5 Å². The molecule has 0 radical (unpaired) electrons. The summed E-state index contributed by atoms with van der Waals surface area (Å²) in [5, 5.41) is 7.64. The molecule has 3 nitrogen and oxygen atoms in total. The highest BCUT2D eigenvalue weighted by Crippen LogP contribution is 2.45. The quantitative estimate of drug-likeness (QED) is 0.225. The average molecular weight is 516 g/mol. The third kappa shape index (κ3) is 2.78. The fourth-order valence-electron chi connectivity index (χ4n) is 6.40. The fourth-order valence-corrected chi connectivity index (χ4v) is 7.59. The number of hydrogen-bond acceptors (Lipinski definition) is 2. The van der Waals surface area contributed by atoms with Crippen LogP contribution in [0.15, 0.2) is 128 Å². The van der Waals surface area contributed by atoms with Gasteiger partial charge in [0.05, 0.1) is 26.8 Å². The van der Waals surface area contributed by atoms with E-state index in [9.17, 15) is 0 Å². The summed E-state index contributed by atoms with van der Waals surface area (Å²) in [6.45, 7) is 0. The molecule has 9 rings (SSSR count). The van der Waals surface area contributed by atoms with Crippen molar-refractivity contribution in [2.75, 3.05) is 0 Å². The second kappa shape index (κ2) is 7.79. The summed E-state index contributed by atoms with van der Waals surface area (Å²) < 4.78 is 7.22. The summed E-state index contributed by atoms with van der Waals surface area (Å²) >= 11 is 1.84. The molecule has 5 aromatic carbocycles. The summed E-state index contributed by atoms with van der Waals surface area (Å²) in [6, 6.07) is 43.5. The van der Waals surface area contributed by atoms with Crippen molar-refractivity contribution >= 4 is 75.1 Å². The van der Waals surface area contributed by atoms with Crippen LogP contribution in [0.4, 0.5) is 0 Å². The van der Waals surface area contributed by atoms with E-state index in [-0.39, 0.29) is 0 Å². The predicted octanol–water partition coefficient (Wildman–Crippen LogP) is 9.64. The smallest absolute Gasteiger partial charge is 0.155 e. The van der Waals surface area contributed by atoms with Gasteiger partial charge < -0.3 is 4.57 Å². The molecule has 182 valence electrons. The van der Waals surface area contributed by atoms with E-state index in [0.717, 1.165) is 5.82 Å². The summed E-state index contributed by atoms with van der Waals surface area (Å²) in [5.41, 5.74) is 5.99. The van der Waals surface area contributed by atoms with Crippen molar-refractivity contribution in [3.63, 3.8) is 0 Å².